The van der Waals surface area contributed by atoms with Crippen LogP contribution in [0, 0.1) is 5.82 Å². The molecule has 1 aromatic carbocycles. The second-order valence-electron chi connectivity index (χ2n) is 4.64. The van der Waals surface area contributed by atoms with Crippen LogP contribution in [0.3, 0.4) is 0 Å². The topological polar surface area (TPSA) is 37.4 Å². The first-order chi connectivity index (χ1) is 10.5. The van der Waals surface area contributed by atoms with Gasteiger partial charge in [0.2, 0.25) is 5.91 Å². The first-order valence-electron chi connectivity index (χ1n) is 6.85. The lowest BCUT2D eigenvalue weighted by Gasteiger charge is -2.20. The summed E-state index contributed by atoms with van der Waals surface area (Å²) in [5, 5.41) is 0. The standard InChI is InChI=1S/C16H15ClFNO2S/c1-2-19(12-5-3-11(18)4-6-12)16(21)10-7-13(20)14-8-9-15(17)22-14/h3-6,8-9H,2,7,10H2,1H3. The maximum absolute atomic E-state index is 12.9. The Labute approximate surface area is 137 Å². The van der Waals surface area contributed by atoms with Crippen LogP contribution in [0.2, 0.25) is 4.34 Å². The van der Waals surface area contributed by atoms with Crippen LogP contribution in [0.5, 0.6) is 0 Å². The molecule has 0 atom stereocenters. The fourth-order valence-electron chi connectivity index (χ4n) is 2.07. The van der Waals surface area contributed by atoms with Gasteiger partial charge in [0.15, 0.2) is 5.78 Å². The molecule has 0 bridgehead atoms. The lowest BCUT2D eigenvalue weighted by Crippen LogP contribution is -2.30. The molecule has 0 aliphatic rings. The van der Waals surface area contributed by atoms with E-state index in [2.05, 4.69) is 0 Å². The number of carbonyl (C=O) groups excluding carboxylic acids is 2. The number of amides is 1. The molecule has 1 heterocycles. The van der Waals surface area contributed by atoms with E-state index in [0.29, 0.717) is 21.4 Å². The van der Waals surface area contributed by atoms with Gasteiger partial charge in [0.1, 0.15) is 5.82 Å². The second kappa shape index (κ2) is 7.51. The predicted molar refractivity (Wildman–Crippen MR) is 87.3 cm³/mol. The van der Waals surface area contributed by atoms with Gasteiger partial charge in [-0.05, 0) is 43.3 Å². The minimum Gasteiger partial charge on any atom is -0.313 e. The minimum atomic E-state index is -0.350. The summed E-state index contributed by atoms with van der Waals surface area (Å²) in [7, 11) is 0. The van der Waals surface area contributed by atoms with Gasteiger partial charge in [0.25, 0.3) is 0 Å². The van der Waals surface area contributed by atoms with Crippen LogP contribution in [-0.2, 0) is 4.79 Å². The van der Waals surface area contributed by atoms with Crippen LogP contribution in [0.15, 0.2) is 36.4 Å². The number of hydrogen-bond acceptors (Lipinski definition) is 3. The number of hydrogen-bond donors (Lipinski definition) is 0. The Morgan fingerprint density at radius 3 is 2.36 bits per heavy atom. The molecule has 0 fully saturated rings. The highest BCUT2D eigenvalue weighted by Gasteiger charge is 2.17. The number of nitrogens with zero attached hydrogens (tertiary/aromatic N) is 1. The van der Waals surface area contributed by atoms with Gasteiger partial charge >= 0.3 is 0 Å². The van der Waals surface area contributed by atoms with Gasteiger partial charge in [-0.15, -0.1) is 11.3 Å². The number of rotatable bonds is 6. The van der Waals surface area contributed by atoms with E-state index >= 15 is 0 Å². The third-order valence-electron chi connectivity index (χ3n) is 3.17. The second-order valence-corrected chi connectivity index (χ2v) is 6.36. The van der Waals surface area contributed by atoms with E-state index in [1.165, 1.54) is 28.4 Å². The number of thiophene rings is 1. The Morgan fingerprint density at radius 2 is 1.82 bits per heavy atom. The summed E-state index contributed by atoms with van der Waals surface area (Å²) >= 11 is 7.00. The lowest BCUT2D eigenvalue weighted by atomic mass is 10.1. The molecule has 22 heavy (non-hydrogen) atoms. The molecule has 0 saturated carbocycles. The molecule has 0 aliphatic heterocycles. The molecule has 1 aromatic heterocycles. The van der Waals surface area contributed by atoms with Crippen molar-refractivity contribution in [2.75, 3.05) is 11.4 Å². The molecule has 2 rings (SSSR count). The van der Waals surface area contributed by atoms with Gasteiger partial charge in [-0.3, -0.25) is 9.59 Å². The fraction of sp³-hybridized carbons (Fsp3) is 0.250. The highest BCUT2D eigenvalue weighted by molar-refractivity contribution is 7.18. The molecule has 0 saturated heterocycles. The molecule has 1 amide bonds. The SMILES string of the molecule is CCN(C(=O)CCC(=O)c1ccc(Cl)s1)c1ccc(F)cc1. The minimum absolute atomic E-state index is 0.0968. The van der Waals surface area contributed by atoms with E-state index in [0.717, 1.165) is 0 Å². The van der Waals surface area contributed by atoms with Crippen LogP contribution < -0.4 is 4.90 Å². The first kappa shape index (κ1) is 16.6. The van der Waals surface area contributed by atoms with Crippen molar-refractivity contribution in [3.05, 3.63) is 51.4 Å². The molecule has 3 nitrogen and oxygen atoms in total. The van der Waals surface area contributed by atoms with Gasteiger partial charge in [0, 0.05) is 25.1 Å². The largest absolute Gasteiger partial charge is 0.313 e. The summed E-state index contributed by atoms with van der Waals surface area (Å²) in [6, 6.07) is 9.05. The fourth-order valence-corrected chi connectivity index (χ4v) is 3.08. The summed E-state index contributed by atoms with van der Waals surface area (Å²) in [6.07, 6.45) is 0.243. The Balaban J connectivity index is 1.97. The molecular formula is C16H15ClFNO2S. The first-order valence-corrected chi connectivity index (χ1v) is 8.05. The number of anilines is 1. The van der Waals surface area contributed by atoms with E-state index in [4.69, 9.17) is 11.6 Å². The van der Waals surface area contributed by atoms with Crippen LogP contribution in [-0.4, -0.2) is 18.2 Å². The molecule has 6 heteroatoms. The van der Waals surface area contributed by atoms with E-state index in [9.17, 15) is 14.0 Å². The molecule has 116 valence electrons. The molecule has 2 aromatic rings. The lowest BCUT2D eigenvalue weighted by molar-refractivity contribution is -0.118. The summed E-state index contributed by atoms with van der Waals surface area (Å²) in [4.78, 5) is 26.3. The van der Waals surface area contributed by atoms with Crippen LogP contribution in [0.1, 0.15) is 29.4 Å². The van der Waals surface area contributed by atoms with Crippen molar-refractivity contribution in [2.24, 2.45) is 0 Å². The van der Waals surface area contributed by atoms with Gasteiger partial charge in [-0.2, -0.15) is 0 Å². The third-order valence-corrected chi connectivity index (χ3v) is 4.44. The van der Waals surface area contributed by atoms with Crippen LogP contribution in [0.4, 0.5) is 10.1 Å². The molecule has 0 N–H and O–H groups in total. The van der Waals surface area contributed by atoms with Crippen molar-refractivity contribution < 1.29 is 14.0 Å². The monoisotopic (exact) mass is 339 g/mol. The Kier molecular flexibility index (Phi) is 5.69. The normalized spacial score (nSPS) is 10.5. The van der Waals surface area contributed by atoms with Crippen LogP contribution >= 0.6 is 22.9 Å². The summed E-state index contributed by atoms with van der Waals surface area (Å²) in [6.45, 7) is 2.30. The summed E-state index contributed by atoms with van der Waals surface area (Å²) in [5.74, 6) is -0.609. The van der Waals surface area contributed by atoms with Gasteiger partial charge in [0.05, 0.1) is 9.21 Å². The zero-order valence-electron chi connectivity index (χ0n) is 12.0. The zero-order chi connectivity index (χ0) is 16.1. The van der Waals surface area contributed by atoms with Crippen molar-refractivity contribution in [1.82, 2.24) is 0 Å². The molecule has 0 unspecified atom stereocenters. The van der Waals surface area contributed by atoms with Crippen molar-refractivity contribution in [2.45, 2.75) is 19.8 Å². The highest BCUT2D eigenvalue weighted by Crippen LogP contribution is 2.23. The Hall–Kier alpha value is -1.72. The maximum atomic E-state index is 12.9. The van der Waals surface area contributed by atoms with Crippen molar-refractivity contribution in [3.63, 3.8) is 0 Å². The third kappa shape index (κ3) is 4.15. The van der Waals surface area contributed by atoms with E-state index in [1.54, 1.807) is 24.3 Å². The van der Waals surface area contributed by atoms with Crippen molar-refractivity contribution >= 4 is 40.3 Å². The number of Topliss-reactive ketones (excluding diaryl/α,β-unsaturated/α-hetero) is 1. The van der Waals surface area contributed by atoms with Gasteiger partial charge in [-0.25, -0.2) is 4.39 Å². The number of halogens is 2. The average molecular weight is 340 g/mol. The number of carbonyl (C=O) groups is 2. The Morgan fingerprint density at radius 1 is 1.14 bits per heavy atom. The summed E-state index contributed by atoms with van der Waals surface area (Å²) < 4.78 is 13.5. The average Bonchev–Trinajstić information content (AvgIpc) is 2.94. The quantitative estimate of drug-likeness (QED) is 0.724. The highest BCUT2D eigenvalue weighted by atomic mass is 35.5. The maximum Gasteiger partial charge on any atom is 0.227 e. The predicted octanol–water partition coefficient (Wildman–Crippen LogP) is 4.56. The number of benzene rings is 1. The zero-order valence-corrected chi connectivity index (χ0v) is 13.6. The van der Waals surface area contributed by atoms with Crippen molar-refractivity contribution in [3.8, 4) is 0 Å². The van der Waals surface area contributed by atoms with E-state index in [-0.39, 0.29) is 30.3 Å². The molecule has 0 aliphatic carbocycles. The van der Waals surface area contributed by atoms with Crippen LogP contribution in [0.25, 0.3) is 0 Å². The van der Waals surface area contributed by atoms with E-state index in [1.807, 2.05) is 6.92 Å². The summed E-state index contributed by atoms with van der Waals surface area (Å²) in [5.41, 5.74) is 0.625. The van der Waals surface area contributed by atoms with Gasteiger partial charge in [-0.1, -0.05) is 11.6 Å². The Bertz CT molecular complexity index is 669. The van der Waals surface area contributed by atoms with Crippen molar-refractivity contribution in [1.29, 1.82) is 0 Å². The van der Waals surface area contributed by atoms with Gasteiger partial charge < -0.3 is 4.90 Å². The molecular weight excluding hydrogens is 325 g/mol. The molecule has 0 radical (unpaired) electrons. The molecule has 0 spiro atoms. The number of ketones is 1. The van der Waals surface area contributed by atoms with E-state index < -0.39 is 0 Å². The smallest absolute Gasteiger partial charge is 0.227 e.